The van der Waals surface area contributed by atoms with Crippen molar-refractivity contribution in [3.8, 4) is 0 Å². The molecule has 23 heavy (non-hydrogen) atoms. The number of carbonyl (C=O) groups is 1. The van der Waals surface area contributed by atoms with Crippen LogP contribution in [-0.4, -0.2) is 28.2 Å². The molecule has 2 aliphatic heterocycles. The molecule has 0 spiro atoms. The molecule has 1 aromatic heterocycles. The highest BCUT2D eigenvalue weighted by atomic mass is 35.5. The SMILES string of the molecule is CC(C)(C)Cc1cc(NC(=O)CC2CC3CCC(C2)N3)n[nH]1.Cl. The highest BCUT2D eigenvalue weighted by Gasteiger charge is 2.34. The Labute approximate surface area is 144 Å². The summed E-state index contributed by atoms with van der Waals surface area (Å²) in [6, 6.07) is 3.23. The van der Waals surface area contributed by atoms with Gasteiger partial charge < -0.3 is 10.6 Å². The van der Waals surface area contributed by atoms with Gasteiger partial charge in [-0.15, -0.1) is 12.4 Å². The lowest BCUT2D eigenvalue weighted by atomic mass is 9.89. The zero-order valence-electron chi connectivity index (χ0n) is 14.3. The Balaban J connectivity index is 0.00000192. The largest absolute Gasteiger partial charge is 0.311 e. The van der Waals surface area contributed by atoms with Crippen LogP contribution in [0.4, 0.5) is 5.82 Å². The van der Waals surface area contributed by atoms with Crippen molar-refractivity contribution in [2.45, 2.75) is 71.4 Å². The summed E-state index contributed by atoms with van der Waals surface area (Å²) >= 11 is 0. The second-order valence-electron chi connectivity index (χ2n) is 8.24. The van der Waals surface area contributed by atoms with Gasteiger partial charge in [0.05, 0.1) is 0 Å². The number of H-pyrrole nitrogens is 1. The van der Waals surface area contributed by atoms with E-state index >= 15 is 0 Å². The summed E-state index contributed by atoms with van der Waals surface area (Å²) in [6.07, 6.45) is 6.37. The first-order valence-corrected chi connectivity index (χ1v) is 8.47. The van der Waals surface area contributed by atoms with Gasteiger partial charge in [0.2, 0.25) is 5.91 Å². The molecule has 2 unspecified atom stereocenters. The van der Waals surface area contributed by atoms with Crippen molar-refractivity contribution in [3.63, 3.8) is 0 Å². The maximum Gasteiger partial charge on any atom is 0.225 e. The Hall–Kier alpha value is -1.07. The number of halogens is 1. The van der Waals surface area contributed by atoms with E-state index in [2.05, 4.69) is 41.6 Å². The van der Waals surface area contributed by atoms with E-state index in [0.717, 1.165) is 25.0 Å². The van der Waals surface area contributed by atoms with E-state index in [0.29, 0.717) is 30.2 Å². The van der Waals surface area contributed by atoms with Crippen LogP contribution in [0.5, 0.6) is 0 Å². The molecule has 2 aliphatic rings. The van der Waals surface area contributed by atoms with E-state index in [4.69, 9.17) is 0 Å². The van der Waals surface area contributed by atoms with Gasteiger partial charge in [0.15, 0.2) is 5.82 Å². The molecule has 3 rings (SSSR count). The topological polar surface area (TPSA) is 69.8 Å². The van der Waals surface area contributed by atoms with Crippen molar-refractivity contribution in [3.05, 3.63) is 11.8 Å². The second kappa shape index (κ2) is 7.22. The highest BCUT2D eigenvalue weighted by Crippen LogP contribution is 2.32. The number of piperidine rings is 1. The average molecular weight is 341 g/mol. The molecule has 2 fully saturated rings. The summed E-state index contributed by atoms with van der Waals surface area (Å²) in [6.45, 7) is 6.58. The van der Waals surface area contributed by atoms with Crippen LogP contribution < -0.4 is 10.6 Å². The van der Waals surface area contributed by atoms with Crippen LogP contribution in [0.1, 0.15) is 58.6 Å². The normalized spacial score (nSPS) is 26.7. The van der Waals surface area contributed by atoms with Gasteiger partial charge in [-0.2, -0.15) is 5.10 Å². The zero-order chi connectivity index (χ0) is 15.7. The summed E-state index contributed by atoms with van der Waals surface area (Å²) in [4.78, 5) is 12.2. The number of nitrogens with zero attached hydrogens (tertiary/aromatic N) is 1. The van der Waals surface area contributed by atoms with Gasteiger partial charge in [0.25, 0.3) is 0 Å². The third-order valence-corrected chi connectivity index (χ3v) is 4.66. The van der Waals surface area contributed by atoms with Crippen molar-refractivity contribution in [2.75, 3.05) is 5.32 Å². The van der Waals surface area contributed by atoms with E-state index in [1.165, 1.54) is 12.8 Å². The fourth-order valence-electron chi connectivity index (χ4n) is 3.89. The van der Waals surface area contributed by atoms with Gasteiger partial charge in [0.1, 0.15) is 0 Å². The Kier molecular flexibility index (Phi) is 5.74. The number of aromatic amines is 1. The van der Waals surface area contributed by atoms with Crippen LogP contribution in [0.2, 0.25) is 0 Å². The Bertz CT molecular complexity index is 525. The fourth-order valence-corrected chi connectivity index (χ4v) is 3.89. The van der Waals surface area contributed by atoms with Gasteiger partial charge in [-0.1, -0.05) is 20.8 Å². The van der Waals surface area contributed by atoms with Crippen LogP contribution in [0.25, 0.3) is 0 Å². The lowest BCUT2D eigenvalue weighted by Gasteiger charge is -2.28. The maximum atomic E-state index is 12.2. The molecule has 2 atom stereocenters. The van der Waals surface area contributed by atoms with Crippen LogP contribution in [-0.2, 0) is 11.2 Å². The summed E-state index contributed by atoms with van der Waals surface area (Å²) in [7, 11) is 0. The summed E-state index contributed by atoms with van der Waals surface area (Å²) in [5.41, 5.74) is 1.28. The molecule has 5 nitrogen and oxygen atoms in total. The lowest BCUT2D eigenvalue weighted by molar-refractivity contribution is -0.117. The number of hydrogen-bond donors (Lipinski definition) is 3. The van der Waals surface area contributed by atoms with Crippen LogP contribution in [0.15, 0.2) is 6.07 Å². The van der Waals surface area contributed by atoms with Crippen molar-refractivity contribution in [2.24, 2.45) is 11.3 Å². The minimum absolute atomic E-state index is 0. The number of anilines is 1. The van der Waals surface area contributed by atoms with E-state index < -0.39 is 0 Å². The number of carbonyl (C=O) groups excluding carboxylic acids is 1. The molecule has 2 saturated heterocycles. The van der Waals surface area contributed by atoms with Gasteiger partial charge in [0, 0.05) is 30.3 Å². The quantitative estimate of drug-likeness (QED) is 0.787. The number of rotatable bonds is 4. The fraction of sp³-hybridized carbons (Fsp3) is 0.765. The molecule has 0 radical (unpaired) electrons. The van der Waals surface area contributed by atoms with Gasteiger partial charge in [-0.3, -0.25) is 9.89 Å². The number of aromatic nitrogens is 2. The molecule has 0 aromatic carbocycles. The monoisotopic (exact) mass is 340 g/mol. The standard InChI is InChI=1S/C17H28N4O.ClH/c1-17(2,3)10-14-9-15(21-20-14)19-16(22)8-11-6-12-4-5-13(7-11)18-12;/h9,11-13,18H,4-8,10H2,1-3H3,(H2,19,20,21,22);1H. The van der Waals surface area contributed by atoms with Gasteiger partial charge in [-0.25, -0.2) is 0 Å². The Morgan fingerprint density at radius 1 is 1.30 bits per heavy atom. The maximum absolute atomic E-state index is 12.2. The van der Waals surface area contributed by atoms with E-state index in [9.17, 15) is 4.79 Å². The lowest BCUT2D eigenvalue weighted by Crippen LogP contribution is -2.39. The first-order chi connectivity index (χ1) is 10.4. The Morgan fingerprint density at radius 2 is 1.96 bits per heavy atom. The van der Waals surface area contributed by atoms with E-state index in [-0.39, 0.29) is 23.7 Å². The second-order valence-corrected chi connectivity index (χ2v) is 8.24. The summed E-state index contributed by atoms with van der Waals surface area (Å²) in [5, 5.41) is 13.8. The minimum atomic E-state index is 0. The third-order valence-electron chi connectivity index (χ3n) is 4.66. The Morgan fingerprint density at radius 3 is 2.57 bits per heavy atom. The van der Waals surface area contributed by atoms with Crippen LogP contribution in [0.3, 0.4) is 0 Å². The van der Waals surface area contributed by atoms with Crippen molar-refractivity contribution >= 4 is 24.1 Å². The molecule has 0 aliphatic carbocycles. The number of hydrogen-bond acceptors (Lipinski definition) is 3. The van der Waals surface area contributed by atoms with Crippen LogP contribution >= 0.6 is 12.4 Å². The zero-order valence-corrected chi connectivity index (χ0v) is 15.1. The molecule has 0 saturated carbocycles. The predicted octanol–water partition coefficient (Wildman–Crippen LogP) is 3.28. The molecule has 130 valence electrons. The first kappa shape index (κ1) is 18.3. The van der Waals surface area contributed by atoms with Gasteiger partial charge >= 0.3 is 0 Å². The highest BCUT2D eigenvalue weighted by molar-refractivity contribution is 5.89. The number of amides is 1. The smallest absolute Gasteiger partial charge is 0.225 e. The molecule has 6 heteroatoms. The van der Waals surface area contributed by atoms with Crippen molar-refractivity contribution < 1.29 is 4.79 Å². The summed E-state index contributed by atoms with van der Waals surface area (Å²) in [5.74, 6) is 1.27. The van der Waals surface area contributed by atoms with Crippen LogP contribution in [0, 0.1) is 11.3 Å². The molecular formula is C17H29ClN4O. The van der Waals surface area contributed by atoms with Crippen molar-refractivity contribution in [1.29, 1.82) is 0 Å². The van der Waals surface area contributed by atoms with Gasteiger partial charge in [-0.05, 0) is 43.4 Å². The third kappa shape index (κ3) is 5.21. The molecule has 2 bridgehead atoms. The molecule has 1 amide bonds. The number of fused-ring (bicyclic) bond motifs is 2. The molecule has 3 heterocycles. The molecule has 1 aromatic rings. The minimum Gasteiger partial charge on any atom is -0.311 e. The molecular weight excluding hydrogens is 312 g/mol. The average Bonchev–Trinajstić information content (AvgIpc) is 2.94. The van der Waals surface area contributed by atoms with E-state index in [1.54, 1.807) is 0 Å². The predicted molar refractivity (Wildman–Crippen MR) is 94.9 cm³/mol. The number of nitrogens with one attached hydrogen (secondary N) is 3. The first-order valence-electron chi connectivity index (χ1n) is 8.47. The molecule has 3 N–H and O–H groups in total. The van der Waals surface area contributed by atoms with E-state index in [1.807, 2.05) is 6.07 Å². The summed E-state index contributed by atoms with van der Waals surface area (Å²) < 4.78 is 0. The van der Waals surface area contributed by atoms with Crippen molar-refractivity contribution in [1.82, 2.24) is 15.5 Å².